The van der Waals surface area contributed by atoms with Crippen molar-refractivity contribution in [2.45, 2.75) is 84.1 Å². The Morgan fingerprint density at radius 1 is 0.719 bits per heavy atom. The molecule has 3 nitrogen and oxygen atoms in total. The second-order valence-electron chi connectivity index (χ2n) is 8.82. The molecule has 0 N–H and O–H groups in total. The van der Waals surface area contributed by atoms with Crippen LogP contribution in [0.4, 0.5) is 0 Å². The Hall–Kier alpha value is -1.46. The number of benzene rings is 2. The molecule has 0 saturated carbocycles. The first-order valence-electron chi connectivity index (χ1n) is 11.8. The van der Waals surface area contributed by atoms with E-state index >= 15 is 0 Å². The Morgan fingerprint density at radius 2 is 1.19 bits per heavy atom. The number of Topliss-reactive ketones (excluding diaryl/α,β-unsaturated/α-hetero) is 2. The van der Waals surface area contributed by atoms with E-state index in [1.54, 1.807) is 0 Å². The molecule has 5 heteroatoms. The Morgan fingerprint density at radius 3 is 1.69 bits per heavy atom. The van der Waals surface area contributed by atoms with Crippen LogP contribution in [0.15, 0.2) is 45.3 Å². The van der Waals surface area contributed by atoms with Crippen LogP contribution in [0.2, 0.25) is 0 Å². The van der Waals surface area contributed by atoms with Gasteiger partial charge in [-0.05, 0) is 56.2 Å². The molecule has 0 radical (unpaired) electrons. The van der Waals surface area contributed by atoms with Gasteiger partial charge in [0.05, 0.1) is 6.42 Å². The third kappa shape index (κ3) is 7.28. The van der Waals surface area contributed by atoms with E-state index in [9.17, 15) is 9.59 Å². The van der Waals surface area contributed by atoms with E-state index in [2.05, 4.69) is 72.8 Å². The zero-order valence-electron chi connectivity index (χ0n) is 19.0. The fourth-order valence-corrected chi connectivity index (χ4v) is 5.21. The Kier molecular flexibility index (Phi) is 9.98. The maximum absolute atomic E-state index is 11.5. The lowest BCUT2D eigenvalue weighted by molar-refractivity contribution is -0.125. The van der Waals surface area contributed by atoms with Crippen molar-refractivity contribution in [1.29, 1.82) is 0 Å². The minimum absolute atomic E-state index is 0.0192. The number of carbonyl (C=O) groups excluding carboxylic acids is 2. The van der Waals surface area contributed by atoms with Crippen LogP contribution in [0.1, 0.15) is 77.6 Å². The summed E-state index contributed by atoms with van der Waals surface area (Å²) in [6.07, 6.45) is 11.5. The molecular weight excluding hydrogens is 530 g/mol. The van der Waals surface area contributed by atoms with Crippen LogP contribution in [0.25, 0.3) is 21.8 Å². The molecule has 0 aliphatic carbocycles. The van der Waals surface area contributed by atoms with Gasteiger partial charge in [-0.1, -0.05) is 76.8 Å². The average Bonchev–Trinajstić information content (AvgIpc) is 3.03. The molecule has 2 aromatic carbocycles. The van der Waals surface area contributed by atoms with E-state index in [0.29, 0.717) is 6.42 Å². The summed E-state index contributed by atoms with van der Waals surface area (Å²) in [7, 11) is 0. The SMILES string of the molecule is CC(=O)CC(=O)CCCCCCCCCCCn1c2ccc(Br)cc2c2cc(Br)ccc21. The van der Waals surface area contributed by atoms with E-state index in [-0.39, 0.29) is 18.0 Å². The number of carbonyl (C=O) groups is 2. The van der Waals surface area contributed by atoms with Crippen LogP contribution in [0, 0.1) is 0 Å². The number of nitrogens with zero attached hydrogens (tertiary/aromatic N) is 1. The van der Waals surface area contributed by atoms with Crippen molar-refractivity contribution in [3.8, 4) is 0 Å². The van der Waals surface area contributed by atoms with Crippen LogP contribution in [0.5, 0.6) is 0 Å². The molecule has 0 bridgehead atoms. The molecule has 1 heterocycles. The van der Waals surface area contributed by atoms with Gasteiger partial charge in [0.2, 0.25) is 0 Å². The Balaban J connectivity index is 1.36. The number of fused-ring (bicyclic) bond motifs is 3. The van der Waals surface area contributed by atoms with Crippen molar-refractivity contribution in [2.75, 3.05) is 0 Å². The van der Waals surface area contributed by atoms with Crippen molar-refractivity contribution in [3.05, 3.63) is 45.3 Å². The fourth-order valence-electron chi connectivity index (χ4n) is 4.48. The molecule has 0 saturated heterocycles. The third-order valence-corrected chi connectivity index (χ3v) is 7.06. The number of aryl methyl sites for hydroxylation is 1. The number of hydrogen-bond acceptors (Lipinski definition) is 2. The highest BCUT2D eigenvalue weighted by Gasteiger charge is 2.11. The summed E-state index contributed by atoms with van der Waals surface area (Å²) >= 11 is 7.24. The fraction of sp³-hybridized carbons (Fsp3) is 0.481. The van der Waals surface area contributed by atoms with Gasteiger partial charge in [-0.25, -0.2) is 0 Å². The molecule has 0 aliphatic rings. The van der Waals surface area contributed by atoms with E-state index in [4.69, 9.17) is 0 Å². The number of halogens is 2. The second-order valence-corrected chi connectivity index (χ2v) is 10.7. The summed E-state index contributed by atoms with van der Waals surface area (Å²) in [5.74, 6) is 0.0790. The number of aromatic nitrogens is 1. The van der Waals surface area contributed by atoms with Gasteiger partial charge in [-0.2, -0.15) is 0 Å². The summed E-state index contributed by atoms with van der Waals surface area (Å²) in [4.78, 5) is 22.4. The van der Waals surface area contributed by atoms with Crippen molar-refractivity contribution >= 4 is 65.2 Å². The van der Waals surface area contributed by atoms with Crippen LogP contribution in [-0.4, -0.2) is 16.1 Å². The molecular formula is C27H33Br2NO2. The van der Waals surface area contributed by atoms with Crippen LogP contribution in [-0.2, 0) is 16.1 Å². The highest BCUT2D eigenvalue weighted by molar-refractivity contribution is 9.10. The van der Waals surface area contributed by atoms with Crippen molar-refractivity contribution in [2.24, 2.45) is 0 Å². The van der Waals surface area contributed by atoms with Gasteiger partial charge in [-0.15, -0.1) is 0 Å². The van der Waals surface area contributed by atoms with Crippen LogP contribution in [0.3, 0.4) is 0 Å². The number of hydrogen-bond donors (Lipinski definition) is 0. The molecule has 3 aromatic rings. The molecule has 0 unspecified atom stereocenters. The predicted octanol–water partition coefficient (Wildman–Crippen LogP) is 8.77. The molecule has 0 spiro atoms. The highest BCUT2D eigenvalue weighted by Crippen LogP contribution is 2.33. The minimum Gasteiger partial charge on any atom is -0.340 e. The number of ketones is 2. The molecule has 32 heavy (non-hydrogen) atoms. The van der Waals surface area contributed by atoms with E-state index in [0.717, 1.165) is 28.3 Å². The Bertz CT molecular complexity index is 1010. The second kappa shape index (κ2) is 12.7. The Labute approximate surface area is 208 Å². The number of unbranched alkanes of at least 4 members (excludes halogenated alkanes) is 8. The van der Waals surface area contributed by atoms with E-state index in [1.165, 1.54) is 73.7 Å². The monoisotopic (exact) mass is 561 g/mol. The molecule has 0 amide bonds. The molecule has 172 valence electrons. The lowest BCUT2D eigenvalue weighted by Gasteiger charge is -2.08. The first kappa shape index (κ1) is 25.2. The van der Waals surface area contributed by atoms with Gasteiger partial charge in [0.1, 0.15) is 11.6 Å². The van der Waals surface area contributed by atoms with E-state index in [1.807, 2.05) is 0 Å². The molecule has 1 aromatic heterocycles. The third-order valence-electron chi connectivity index (χ3n) is 6.07. The normalized spacial score (nSPS) is 11.5. The van der Waals surface area contributed by atoms with Gasteiger partial charge in [0, 0.05) is 43.7 Å². The van der Waals surface area contributed by atoms with Crippen LogP contribution < -0.4 is 0 Å². The van der Waals surface area contributed by atoms with Crippen molar-refractivity contribution in [1.82, 2.24) is 4.57 Å². The number of rotatable bonds is 14. The van der Waals surface area contributed by atoms with E-state index < -0.39 is 0 Å². The highest BCUT2D eigenvalue weighted by atomic mass is 79.9. The topological polar surface area (TPSA) is 39.1 Å². The molecule has 3 rings (SSSR count). The van der Waals surface area contributed by atoms with Crippen molar-refractivity contribution < 1.29 is 9.59 Å². The van der Waals surface area contributed by atoms with Crippen LogP contribution >= 0.6 is 31.9 Å². The van der Waals surface area contributed by atoms with Crippen molar-refractivity contribution in [3.63, 3.8) is 0 Å². The van der Waals surface area contributed by atoms with Gasteiger partial charge < -0.3 is 4.57 Å². The predicted molar refractivity (Wildman–Crippen MR) is 141 cm³/mol. The summed E-state index contributed by atoms with van der Waals surface area (Å²) in [6, 6.07) is 13.2. The lowest BCUT2D eigenvalue weighted by Crippen LogP contribution is -2.03. The lowest BCUT2D eigenvalue weighted by atomic mass is 10.0. The standard InChI is InChI=1S/C27H33Br2NO2/c1-20(31)17-23(32)11-9-7-5-3-2-4-6-8-10-16-30-26-14-12-21(28)18-24(26)25-19-22(29)13-15-27(25)30/h12-15,18-19H,2-11,16-17H2,1H3. The van der Waals surface area contributed by atoms with Gasteiger partial charge in [0.25, 0.3) is 0 Å². The van der Waals surface area contributed by atoms with Gasteiger partial charge >= 0.3 is 0 Å². The quantitative estimate of drug-likeness (QED) is 0.145. The summed E-state index contributed by atoms with van der Waals surface area (Å²) in [6.45, 7) is 2.54. The maximum atomic E-state index is 11.5. The summed E-state index contributed by atoms with van der Waals surface area (Å²) in [5.41, 5.74) is 2.62. The zero-order valence-corrected chi connectivity index (χ0v) is 22.1. The molecule has 0 atom stereocenters. The van der Waals surface area contributed by atoms with Gasteiger partial charge in [0.15, 0.2) is 0 Å². The van der Waals surface area contributed by atoms with Gasteiger partial charge in [-0.3, -0.25) is 9.59 Å². The first-order chi connectivity index (χ1) is 15.5. The smallest absolute Gasteiger partial charge is 0.140 e. The average molecular weight is 563 g/mol. The maximum Gasteiger partial charge on any atom is 0.140 e. The minimum atomic E-state index is -0.0192. The molecule has 0 aliphatic heterocycles. The first-order valence-corrected chi connectivity index (χ1v) is 13.4. The largest absolute Gasteiger partial charge is 0.340 e. The zero-order chi connectivity index (χ0) is 22.9. The molecule has 0 fully saturated rings. The summed E-state index contributed by atoms with van der Waals surface area (Å²) < 4.78 is 4.70. The summed E-state index contributed by atoms with van der Waals surface area (Å²) in [5, 5.41) is 2.61.